The molecule has 0 amide bonds. The maximum atomic E-state index is 10.0. The fourth-order valence-corrected chi connectivity index (χ4v) is 0.880. The molecule has 2 N–H and O–H groups in total. The van der Waals surface area contributed by atoms with Crippen molar-refractivity contribution in [2.24, 2.45) is 0 Å². The summed E-state index contributed by atoms with van der Waals surface area (Å²) < 4.78 is 0. The van der Waals surface area contributed by atoms with Crippen molar-refractivity contribution in [1.29, 1.82) is 0 Å². The molecule has 0 aliphatic heterocycles. The van der Waals surface area contributed by atoms with Crippen LogP contribution in [0.15, 0.2) is 12.2 Å². The number of aliphatic carboxylic acids is 2. The first kappa shape index (κ1) is 27.0. The Bertz CT molecular complexity index is 218. The van der Waals surface area contributed by atoms with Crippen molar-refractivity contribution in [3.63, 3.8) is 0 Å². The summed E-state index contributed by atoms with van der Waals surface area (Å²) in [7, 11) is 0. The van der Waals surface area contributed by atoms with Crippen molar-refractivity contribution in [3.05, 3.63) is 12.2 Å². The van der Waals surface area contributed by atoms with Crippen LogP contribution in [0.2, 0.25) is 0 Å². The van der Waals surface area contributed by atoms with Crippen molar-refractivity contribution in [1.82, 2.24) is 0 Å². The summed E-state index contributed by atoms with van der Waals surface area (Å²) in [6, 6.07) is 0. The van der Waals surface area contributed by atoms with E-state index in [0.717, 1.165) is 12.8 Å². The number of carboxylic acids is 2. The van der Waals surface area contributed by atoms with Crippen LogP contribution in [0.5, 0.6) is 0 Å². The third kappa shape index (κ3) is 30.0. The second-order valence-corrected chi connectivity index (χ2v) is 3.64. The summed E-state index contributed by atoms with van der Waals surface area (Å²) >= 11 is 0. The summed E-state index contributed by atoms with van der Waals surface area (Å²) in [5.41, 5.74) is 0.176. The molecule has 6 heteroatoms. The van der Waals surface area contributed by atoms with Gasteiger partial charge in [0.2, 0.25) is 0 Å². The van der Waals surface area contributed by atoms with E-state index in [2.05, 4.69) is 13.5 Å². The zero-order valence-electron chi connectivity index (χ0n) is 11.6. The van der Waals surface area contributed by atoms with Gasteiger partial charge in [-0.1, -0.05) is 39.2 Å². The molecule has 0 aliphatic rings. The van der Waals surface area contributed by atoms with Crippen LogP contribution in [0.3, 0.4) is 0 Å². The molecule has 0 rings (SSSR count). The van der Waals surface area contributed by atoms with E-state index in [1.807, 2.05) is 0 Å². The topological polar surface area (TPSA) is 74.6 Å². The van der Waals surface area contributed by atoms with Gasteiger partial charge in [0, 0.05) is 12.0 Å². The number of unbranched alkanes of at least 4 members (excludes halogenated alkanes) is 4. The van der Waals surface area contributed by atoms with Gasteiger partial charge in [-0.2, -0.15) is 0 Å². The minimum absolute atomic E-state index is 0. The molecule has 0 aromatic rings. The van der Waals surface area contributed by atoms with Crippen LogP contribution in [0.1, 0.15) is 52.4 Å². The van der Waals surface area contributed by atoms with Crippen molar-refractivity contribution in [2.75, 3.05) is 0 Å². The average molecular weight is 649 g/mol. The van der Waals surface area contributed by atoms with Gasteiger partial charge in [0.15, 0.2) is 0 Å². The second-order valence-electron chi connectivity index (χ2n) is 3.64. The van der Waals surface area contributed by atoms with E-state index in [0.29, 0.717) is 6.42 Å². The van der Waals surface area contributed by atoms with Crippen molar-refractivity contribution in [3.8, 4) is 0 Å². The molecule has 4 nitrogen and oxygen atoms in total. The van der Waals surface area contributed by atoms with Gasteiger partial charge in [0.05, 0.1) is 0 Å². The normalized spacial score (nSPS) is 7.89. The fourth-order valence-electron chi connectivity index (χ4n) is 0.880. The van der Waals surface area contributed by atoms with Crippen LogP contribution >= 0.6 is 0 Å². The van der Waals surface area contributed by atoms with Gasteiger partial charge in [-0.3, -0.25) is 4.79 Å². The molecule has 18 heavy (non-hydrogen) atoms. The Hall–Kier alpha value is 0.524. The summed E-state index contributed by atoms with van der Waals surface area (Å²) in [5, 5.41) is 16.2. The van der Waals surface area contributed by atoms with Crippen molar-refractivity contribution < 1.29 is 19.8 Å². The van der Waals surface area contributed by atoms with Gasteiger partial charge in [0.1, 0.15) is 0 Å². The average Bonchev–Trinajstić information content (AvgIpc) is 2.18. The predicted octanol–water partition coefficient (Wildman–Crippen LogP) is 1.25. The molecule has 0 aliphatic carbocycles. The summed E-state index contributed by atoms with van der Waals surface area (Å²) in [6.07, 6.45) is 5.88. The molecule has 4 radical (unpaired) electrons. The van der Waals surface area contributed by atoms with Gasteiger partial charge in [0.25, 0.3) is 0 Å². The molecule has 0 atom stereocenters. The third-order valence-electron chi connectivity index (χ3n) is 1.86. The first-order valence-corrected chi connectivity index (χ1v) is 5.52. The number of hydrogen-bond acceptors (Lipinski definition) is 2. The first-order chi connectivity index (χ1) is 7.41. The fraction of sp³-hybridized carbons (Fsp3) is 0.667. The van der Waals surface area contributed by atoms with Crippen LogP contribution < -0.4 is 0 Å². The quantitative estimate of drug-likeness (QED) is 0.248. The molecular formula is C12H26O4Pb2. The van der Waals surface area contributed by atoms with Crippen LogP contribution in [-0.2, 0) is 9.59 Å². The van der Waals surface area contributed by atoms with Crippen LogP contribution in [0, 0.1) is 0 Å². The molecule has 0 aromatic heterocycles. The van der Waals surface area contributed by atoms with Crippen LogP contribution in [0.25, 0.3) is 0 Å². The minimum atomic E-state index is -0.935. The number of rotatable bonds is 7. The van der Waals surface area contributed by atoms with Gasteiger partial charge in [-0.25, -0.2) is 4.79 Å². The maximum absolute atomic E-state index is 10.0. The molecule has 0 bridgehead atoms. The van der Waals surface area contributed by atoms with Crippen LogP contribution in [-0.4, -0.2) is 76.7 Å². The molecule has 0 saturated carbocycles. The predicted molar refractivity (Wildman–Crippen MR) is 80.5 cm³/mol. The molecule has 106 valence electrons. The van der Waals surface area contributed by atoms with E-state index in [4.69, 9.17) is 10.2 Å². The molecular weight excluding hydrogens is 623 g/mol. The molecule has 0 heterocycles. The van der Waals surface area contributed by atoms with Crippen LogP contribution in [0.4, 0.5) is 0 Å². The number of hydrogen-bond donors (Lipinski definition) is 2. The van der Waals surface area contributed by atoms with Crippen molar-refractivity contribution >= 4 is 66.5 Å². The van der Waals surface area contributed by atoms with E-state index in [1.165, 1.54) is 26.2 Å². The molecule has 0 saturated heterocycles. The Morgan fingerprint density at radius 2 is 1.39 bits per heavy atom. The van der Waals surface area contributed by atoms with Crippen molar-refractivity contribution in [2.45, 2.75) is 52.4 Å². The zero-order valence-corrected chi connectivity index (χ0v) is 22.6. The van der Waals surface area contributed by atoms with Gasteiger partial charge in [-0.15, -0.1) is 0 Å². The van der Waals surface area contributed by atoms with E-state index in [9.17, 15) is 9.59 Å². The first-order valence-electron chi connectivity index (χ1n) is 5.52. The summed E-state index contributed by atoms with van der Waals surface area (Å²) in [5.74, 6) is -1.61. The zero-order chi connectivity index (χ0) is 13.0. The van der Waals surface area contributed by atoms with E-state index in [1.54, 1.807) is 0 Å². The Morgan fingerprint density at radius 3 is 1.67 bits per heavy atom. The Morgan fingerprint density at radius 1 is 1.00 bits per heavy atom. The Labute approximate surface area is 150 Å². The molecule has 0 unspecified atom stereocenters. The Kier molecular flexibility index (Phi) is 29.7. The van der Waals surface area contributed by atoms with Gasteiger partial charge < -0.3 is 10.2 Å². The summed E-state index contributed by atoms with van der Waals surface area (Å²) in [6.45, 7) is 6.75. The summed E-state index contributed by atoms with van der Waals surface area (Å²) in [4.78, 5) is 19.6. The van der Waals surface area contributed by atoms with Gasteiger partial charge in [-0.05, 0) is 13.3 Å². The monoisotopic (exact) mass is 650 g/mol. The molecule has 0 spiro atoms. The molecule has 0 aromatic carbocycles. The second kappa shape index (κ2) is 19.9. The number of carboxylic acid groups (broad SMARTS) is 2. The number of carbonyl (C=O) groups is 2. The third-order valence-corrected chi connectivity index (χ3v) is 1.86. The van der Waals surface area contributed by atoms with E-state index in [-0.39, 0.29) is 60.2 Å². The Balaban J connectivity index is -0.000000108. The van der Waals surface area contributed by atoms with E-state index >= 15 is 0 Å². The van der Waals surface area contributed by atoms with E-state index < -0.39 is 11.9 Å². The van der Waals surface area contributed by atoms with Gasteiger partial charge >= 0.3 is 66.5 Å². The standard InChI is InChI=1S/C8H16O2.C4H6O2.2Pb.4H/c1-2-3-4-5-6-7-8(9)10;1-3(2)4(5)6;;;;;;/h2-7H2,1H3,(H,9,10);1H2,2H3,(H,5,6);;;;;;. The SMILES string of the molecule is C=C(C)C(=O)O.CCCCCCCC(=O)O.[PbH2].[PbH2]. The molecule has 0 fully saturated rings.